The monoisotopic (exact) mass is 1390 g/mol. The van der Waals surface area contributed by atoms with Crippen molar-refractivity contribution in [3.8, 4) is 84.7 Å². The molecule has 0 bridgehead atoms. The van der Waals surface area contributed by atoms with Crippen LogP contribution in [0.25, 0.3) is 94.5 Å². The number of para-hydroxylation sites is 5. The van der Waals surface area contributed by atoms with E-state index >= 15 is 0 Å². The first-order valence-corrected chi connectivity index (χ1v) is 33.2. The van der Waals surface area contributed by atoms with Crippen molar-refractivity contribution in [2.75, 3.05) is 0 Å². The van der Waals surface area contributed by atoms with Crippen LogP contribution in [0.2, 0.25) is 0 Å². The molecule has 7 heteroatoms. The van der Waals surface area contributed by atoms with E-state index in [1.54, 1.807) is 12.3 Å². The predicted molar refractivity (Wildman–Crippen MR) is 379 cm³/mol. The fourth-order valence-corrected chi connectivity index (χ4v) is 15.6. The van der Waals surface area contributed by atoms with Crippen molar-refractivity contribution >= 4 is 32.8 Å². The number of benzene rings is 11. The Hall–Kier alpha value is -9.87. The normalized spacial score (nSPS) is 13.9. The molecule has 1 aliphatic heterocycles. The van der Waals surface area contributed by atoms with Crippen molar-refractivity contribution in [2.45, 2.75) is 90.8 Å². The van der Waals surface area contributed by atoms with Gasteiger partial charge in [-0.1, -0.05) is 106 Å². The summed E-state index contributed by atoms with van der Waals surface area (Å²) in [5.74, 6) is 3.33. The van der Waals surface area contributed by atoms with Crippen molar-refractivity contribution in [3.63, 3.8) is 0 Å². The van der Waals surface area contributed by atoms with Gasteiger partial charge in [-0.3, -0.25) is 0 Å². The van der Waals surface area contributed by atoms with Gasteiger partial charge in [-0.25, -0.2) is 0 Å². The van der Waals surface area contributed by atoms with E-state index in [4.69, 9.17) is 18.6 Å². The van der Waals surface area contributed by atoms with Crippen LogP contribution >= 0.6 is 0 Å². The third-order valence-electron chi connectivity index (χ3n) is 19.2. The molecule has 0 fully saturated rings. The first-order valence-electron chi connectivity index (χ1n) is 33.6. The molecule has 2 aliphatic rings. The number of fused-ring (bicyclic) bond motifs is 13. The smallest absolute Gasteiger partial charge is 0.457 e. The number of hydrogen-bond acceptors (Lipinski definition) is 3. The Labute approximate surface area is 559 Å². The molecule has 1 aliphatic carbocycles. The maximum absolute atomic E-state index is 9.14. The second kappa shape index (κ2) is 21.6. The minimum atomic E-state index is -2.49. The fourth-order valence-electron chi connectivity index (χ4n) is 14.5. The summed E-state index contributed by atoms with van der Waals surface area (Å²) in [5.41, 5.74) is 21.3. The summed E-state index contributed by atoms with van der Waals surface area (Å²) < 4.78 is 49.2. The van der Waals surface area contributed by atoms with Crippen LogP contribution in [0, 0.1) is 10.7 Å². The Morgan fingerprint density at radius 2 is 0.978 bits per heavy atom. The zero-order valence-electron chi connectivity index (χ0n) is 56.7. The third kappa shape index (κ3) is 9.46. The molecule has 0 saturated heterocycles. The average Bonchev–Trinajstić information content (AvgIpc) is 1.50. The van der Waals surface area contributed by atoms with E-state index in [-0.39, 0.29) is 21.8 Å². The summed E-state index contributed by atoms with van der Waals surface area (Å²) >= 11 is 2.52. The van der Waals surface area contributed by atoms with Gasteiger partial charge in [0.25, 0.3) is 0 Å². The standard InChI is InChI=1S/C86H72N4O2.Pt/c1-54-44-81(87-52-70(54)56-38-40-58(41-39-56)83(2,3)4)90-77-49-63(42-43-67(77)69-50-68-66-28-14-15-31-71(66)86(74(68)51-78(69)90)72-32-16-20-36-79(72)92-80-37-21-17-33-73(80)86)91-62-27-22-26-61(48-62)88-53-89(76-35-19-18-34-75(76)88)82-64(55-24-12-11-13-25-55)29-23-30-65(82)57-45-59(84(5,6)7)47-60(46-57)85(8,9)10;/h11-52H,1-10H3;/i1D3;. The Morgan fingerprint density at radius 3 is 1.66 bits per heavy atom. The molecule has 458 valence electrons. The molecule has 11 aromatic carbocycles. The Morgan fingerprint density at radius 1 is 0.409 bits per heavy atom. The second-order valence-corrected chi connectivity index (χ2v) is 29.1. The van der Waals surface area contributed by atoms with E-state index in [0.29, 0.717) is 22.9 Å². The summed E-state index contributed by atoms with van der Waals surface area (Å²) in [7, 11) is 0. The molecular formula is C86H72N4O2Pt. The summed E-state index contributed by atoms with van der Waals surface area (Å²) in [6.07, 6.45) is 1.74. The van der Waals surface area contributed by atoms with Crippen molar-refractivity contribution in [1.82, 2.24) is 18.7 Å². The summed E-state index contributed by atoms with van der Waals surface area (Å²) in [4.78, 5) is 5.29. The van der Waals surface area contributed by atoms with E-state index in [0.717, 1.165) is 115 Å². The van der Waals surface area contributed by atoms with Gasteiger partial charge in [-0.05, 0) is 63.3 Å². The summed E-state index contributed by atoms with van der Waals surface area (Å²) in [6, 6.07) is 88.1. The van der Waals surface area contributed by atoms with E-state index in [1.165, 1.54) is 22.3 Å². The van der Waals surface area contributed by atoms with Crippen LogP contribution in [0.4, 0.5) is 0 Å². The van der Waals surface area contributed by atoms with Crippen LogP contribution in [-0.4, -0.2) is 18.7 Å². The quantitative estimate of drug-likeness (QED) is 0.152. The van der Waals surface area contributed by atoms with Crippen LogP contribution in [0.3, 0.4) is 0 Å². The van der Waals surface area contributed by atoms with Crippen LogP contribution in [0.15, 0.2) is 255 Å². The Balaban J connectivity index is 0.881. The zero-order chi connectivity index (χ0) is 66.4. The predicted octanol–water partition coefficient (Wildman–Crippen LogP) is 22.5. The van der Waals surface area contributed by atoms with Gasteiger partial charge < -0.3 is 4.74 Å². The van der Waals surface area contributed by atoms with E-state index in [9.17, 15) is 0 Å². The van der Waals surface area contributed by atoms with Gasteiger partial charge in [0, 0.05) is 27.0 Å². The second-order valence-electron chi connectivity index (χ2n) is 28.1. The molecule has 0 atom stereocenters. The summed E-state index contributed by atoms with van der Waals surface area (Å²) in [5, 5.41) is 1.96. The molecule has 0 unspecified atom stereocenters. The van der Waals surface area contributed by atoms with Gasteiger partial charge in [0.05, 0.1) is 5.41 Å². The number of pyridine rings is 1. The Kier molecular flexibility index (Phi) is 12.7. The van der Waals surface area contributed by atoms with Gasteiger partial charge in [-0.15, -0.1) is 0 Å². The Bertz CT molecular complexity index is 5480. The molecule has 0 saturated carbocycles. The molecule has 0 N–H and O–H groups in total. The molecular weight excluding hydrogens is 1320 g/mol. The minimum absolute atomic E-state index is 0.0807. The number of ether oxygens (including phenoxy) is 2. The van der Waals surface area contributed by atoms with E-state index < -0.39 is 12.3 Å². The van der Waals surface area contributed by atoms with Gasteiger partial charge in [0.1, 0.15) is 11.5 Å². The minimum Gasteiger partial charge on any atom is -0.457 e. The van der Waals surface area contributed by atoms with E-state index in [2.05, 4.69) is 302 Å². The maximum atomic E-state index is 9.14. The SMILES string of the molecule is [2H]C([2H])([2H])c1cc(-n2c3cc(Oc4cccc(-n5[c](=[Pt])n(-c6c(-c7ccccc7)cccc6-c6cc(C(C)(C)C)cc(C(C)(C)C)c6)c6ccccc65)c4)ccc3c3cc4c(cc32)C2(c3ccccc3Oc3ccccc32)c2ccccc2-4)ncc1-c1ccc(C(C)(C)C)cc1. The molecule has 3 aromatic heterocycles. The molecule has 6 nitrogen and oxygen atoms in total. The molecule has 93 heavy (non-hydrogen) atoms. The zero-order valence-corrected chi connectivity index (χ0v) is 55.9. The number of imidazole rings is 1. The van der Waals surface area contributed by atoms with Crippen molar-refractivity contribution in [1.29, 1.82) is 0 Å². The van der Waals surface area contributed by atoms with Gasteiger partial charge >= 0.3 is 346 Å². The molecule has 4 heterocycles. The number of nitrogens with zero attached hydrogens (tertiary/aromatic N) is 4. The number of hydrogen-bond donors (Lipinski definition) is 0. The number of aromatic nitrogens is 4. The van der Waals surface area contributed by atoms with Crippen molar-refractivity contribution < 1.29 is 32.9 Å². The van der Waals surface area contributed by atoms with Crippen LogP contribution < -0.4 is 9.47 Å². The molecule has 14 aromatic rings. The molecule has 0 radical (unpaired) electrons. The van der Waals surface area contributed by atoms with Crippen LogP contribution in [0.5, 0.6) is 23.0 Å². The first kappa shape index (κ1) is 54.8. The topological polar surface area (TPSA) is 46.1 Å². The number of aryl methyl sites for hydroxylation is 1. The van der Waals surface area contributed by atoms with Gasteiger partial charge in [0.15, 0.2) is 0 Å². The van der Waals surface area contributed by atoms with Gasteiger partial charge in [-0.2, -0.15) is 0 Å². The number of rotatable bonds is 8. The average molecular weight is 1390 g/mol. The van der Waals surface area contributed by atoms with Crippen molar-refractivity contribution in [3.05, 3.63) is 303 Å². The van der Waals surface area contributed by atoms with Crippen molar-refractivity contribution in [2.24, 2.45) is 0 Å². The van der Waals surface area contributed by atoms with E-state index in [1.807, 2.05) is 36.4 Å². The molecule has 1 spiro atoms. The van der Waals surface area contributed by atoms with Crippen LogP contribution in [-0.2, 0) is 41.0 Å². The summed E-state index contributed by atoms with van der Waals surface area (Å²) in [6.45, 7) is 17.9. The third-order valence-corrected chi connectivity index (χ3v) is 20.2. The van der Waals surface area contributed by atoms with Crippen LogP contribution in [0.1, 0.15) is 111 Å². The molecule has 16 rings (SSSR count). The fraction of sp³-hybridized carbons (Fsp3) is 0.163. The first-order chi connectivity index (χ1) is 46.0. The van der Waals surface area contributed by atoms with Gasteiger partial charge in [0.2, 0.25) is 0 Å². The molecule has 0 amide bonds.